The first-order valence-electron chi connectivity index (χ1n) is 6.33. The summed E-state index contributed by atoms with van der Waals surface area (Å²) in [4.78, 5) is 23.6. The highest BCUT2D eigenvalue weighted by Gasteiger charge is 2.22. The lowest BCUT2D eigenvalue weighted by molar-refractivity contribution is -0.148. The van der Waals surface area contributed by atoms with Crippen molar-refractivity contribution in [2.75, 3.05) is 39.6 Å². The molecule has 0 radical (unpaired) electrons. The van der Waals surface area contributed by atoms with Crippen LogP contribution in [0.2, 0.25) is 0 Å². The molecule has 0 aliphatic carbocycles. The van der Waals surface area contributed by atoms with Gasteiger partial charge < -0.3 is 18.9 Å². The SMILES string of the molecule is CC(C)C=C1C(=O)OCCOCCOCCOC1=O. The van der Waals surface area contributed by atoms with Crippen LogP contribution < -0.4 is 0 Å². The molecule has 0 aromatic carbocycles. The summed E-state index contributed by atoms with van der Waals surface area (Å²) in [6.45, 7) is 5.31. The Balaban J connectivity index is 2.71. The molecule has 0 aromatic heterocycles. The number of carbonyl (C=O) groups excluding carboxylic acids is 2. The lowest BCUT2D eigenvalue weighted by Crippen LogP contribution is -2.21. The highest BCUT2D eigenvalue weighted by atomic mass is 16.6. The Morgan fingerprint density at radius 1 is 0.842 bits per heavy atom. The van der Waals surface area contributed by atoms with Crippen molar-refractivity contribution in [1.82, 2.24) is 0 Å². The van der Waals surface area contributed by atoms with Crippen LogP contribution in [0.4, 0.5) is 0 Å². The molecule has 1 aliphatic rings. The zero-order valence-electron chi connectivity index (χ0n) is 11.3. The third-order valence-electron chi connectivity index (χ3n) is 2.23. The summed E-state index contributed by atoms with van der Waals surface area (Å²) in [5.74, 6) is -1.32. The van der Waals surface area contributed by atoms with Crippen molar-refractivity contribution < 1.29 is 28.5 Å². The average molecular weight is 272 g/mol. The molecule has 0 N–H and O–H groups in total. The van der Waals surface area contributed by atoms with E-state index in [1.54, 1.807) is 0 Å². The Labute approximate surface area is 112 Å². The first-order valence-corrected chi connectivity index (χ1v) is 6.33. The Kier molecular flexibility index (Phi) is 7.14. The number of carbonyl (C=O) groups is 2. The molecule has 0 amide bonds. The lowest BCUT2D eigenvalue weighted by atomic mass is 10.1. The lowest BCUT2D eigenvalue weighted by Gasteiger charge is -2.09. The van der Waals surface area contributed by atoms with E-state index in [9.17, 15) is 9.59 Å². The van der Waals surface area contributed by atoms with Crippen molar-refractivity contribution in [2.24, 2.45) is 5.92 Å². The molecule has 0 aromatic rings. The fourth-order valence-corrected chi connectivity index (χ4v) is 1.42. The fraction of sp³-hybridized carbons (Fsp3) is 0.692. The van der Waals surface area contributed by atoms with Crippen molar-refractivity contribution in [3.05, 3.63) is 11.6 Å². The molecule has 6 nitrogen and oxygen atoms in total. The van der Waals surface area contributed by atoms with Gasteiger partial charge >= 0.3 is 11.9 Å². The van der Waals surface area contributed by atoms with E-state index in [-0.39, 0.29) is 37.9 Å². The van der Waals surface area contributed by atoms with Crippen molar-refractivity contribution in [3.63, 3.8) is 0 Å². The van der Waals surface area contributed by atoms with Gasteiger partial charge in [0, 0.05) is 0 Å². The molecule has 108 valence electrons. The van der Waals surface area contributed by atoms with Gasteiger partial charge in [0.05, 0.1) is 26.4 Å². The van der Waals surface area contributed by atoms with Crippen molar-refractivity contribution >= 4 is 11.9 Å². The quantitative estimate of drug-likeness (QED) is 0.397. The van der Waals surface area contributed by atoms with Gasteiger partial charge in [0.15, 0.2) is 0 Å². The van der Waals surface area contributed by atoms with E-state index in [0.717, 1.165) is 0 Å². The highest BCUT2D eigenvalue weighted by Crippen LogP contribution is 2.07. The summed E-state index contributed by atoms with van der Waals surface area (Å²) in [5, 5.41) is 0. The second-order valence-corrected chi connectivity index (χ2v) is 4.32. The van der Waals surface area contributed by atoms with Crippen LogP contribution in [0.25, 0.3) is 0 Å². The van der Waals surface area contributed by atoms with E-state index in [1.165, 1.54) is 6.08 Å². The monoisotopic (exact) mass is 272 g/mol. The van der Waals surface area contributed by atoms with Gasteiger partial charge in [-0.2, -0.15) is 0 Å². The van der Waals surface area contributed by atoms with E-state index in [1.807, 2.05) is 13.8 Å². The largest absolute Gasteiger partial charge is 0.459 e. The Bertz CT molecular complexity index is 308. The second-order valence-electron chi connectivity index (χ2n) is 4.32. The van der Waals surface area contributed by atoms with Crippen molar-refractivity contribution in [1.29, 1.82) is 0 Å². The van der Waals surface area contributed by atoms with Crippen LogP contribution in [-0.2, 0) is 28.5 Å². The summed E-state index contributed by atoms with van der Waals surface area (Å²) in [7, 11) is 0. The second kappa shape index (κ2) is 8.66. The van der Waals surface area contributed by atoms with E-state index in [2.05, 4.69) is 0 Å². The van der Waals surface area contributed by atoms with Crippen LogP contribution in [0.15, 0.2) is 11.6 Å². The zero-order chi connectivity index (χ0) is 14.1. The predicted molar refractivity (Wildman–Crippen MR) is 66.5 cm³/mol. The van der Waals surface area contributed by atoms with Gasteiger partial charge in [-0.25, -0.2) is 9.59 Å². The Morgan fingerprint density at radius 3 is 1.68 bits per heavy atom. The Morgan fingerprint density at radius 2 is 1.26 bits per heavy atom. The molecule has 1 fully saturated rings. The van der Waals surface area contributed by atoms with E-state index in [4.69, 9.17) is 18.9 Å². The summed E-state index contributed by atoms with van der Waals surface area (Å²) in [6, 6.07) is 0. The maximum Gasteiger partial charge on any atom is 0.345 e. The van der Waals surface area contributed by atoms with E-state index in [0.29, 0.717) is 13.2 Å². The van der Waals surface area contributed by atoms with Gasteiger partial charge in [-0.1, -0.05) is 19.9 Å². The normalized spacial score (nSPS) is 19.8. The van der Waals surface area contributed by atoms with Crippen LogP contribution in [-0.4, -0.2) is 51.6 Å². The van der Waals surface area contributed by atoms with Gasteiger partial charge in [0.2, 0.25) is 0 Å². The summed E-state index contributed by atoms with van der Waals surface area (Å²) >= 11 is 0. The summed E-state index contributed by atoms with van der Waals surface area (Å²) in [6.07, 6.45) is 1.53. The zero-order valence-corrected chi connectivity index (χ0v) is 11.3. The predicted octanol–water partition coefficient (Wildman–Crippen LogP) is 0.702. The minimum absolute atomic E-state index is 0.0401. The van der Waals surface area contributed by atoms with Crippen LogP contribution >= 0.6 is 0 Å². The van der Waals surface area contributed by atoms with Crippen LogP contribution in [0.5, 0.6) is 0 Å². The van der Waals surface area contributed by atoms with Gasteiger partial charge in [-0.05, 0) is 5.92 Å². The van der Waals surface area contributed by atoms with Gasteiger partial charge in [0.25, 0.3) is 0 Å². The maximum atomic E-state index is 11.8. The molecule has 0 bridgehead atoms. The van der Waals surface area contributed by atoms with E-state index < -0.39 is 11.9 Å². The van der Waals surface area contributed by atoms with Crippen LogP contribution in [0, 0.1) is 5.92 Å². The molecule has 6 heteroatoms. The molecule has 1 saturated heterocycles. The molecule has 1 aliphatic heterocycles. The maximum absolute atomic E-state index is 11.8. The highest BCUT2D eigenvalue weighted by molar-refractivity contribution is 6.14. The molecule has 1 rings (SSSR count). The minimum atomic E-state index is -0.678. The number of allylic oxidation sites excluding steroid dienone is 1. The molecule has 1 heterocycles. The standard InChI is InChI=1S/C13H20O6/c1-10(2)9-11-12(14)18-7-5-16-3-4-17-6-8-19-13(11)15/h9-10H,3-8H2,1-2H3. The topological polar surface area (TPSA) is 71.1 Å². The molecule has 0 atom stereocenters. The van der Waals surface area contributed by atoms with Gasteiger partial charge in [-0.3, -0.25) is 0 Å². The third kappa shape index (κ3) is 6.35. The molecule has 19 heavy (non-hydrogen) atoms. The number of ether oxygens (including phenoxy) is 4. The average Bonchev–Trinajstić information content (AvgIpc) is 2.37. The van der Waals surface area contributed by atoms with Crippen LogP contribution in [0.3, 0.4) is 0 Å². The molecular weight excluding hydrogens is 252 g/mol. The van der Waals surface area contributed by atoms with E-state index >= 15 is 0 Å². The first-order chi connectivity index (χ1) is 9.11. The smallest absolute Gasteiger partial charge is 0.345 e. The fourth-order valence-electron chi connectivity index (χ4n) is 1.42. The van der Waals surface area contributed by atoms with Crippen molar-refractivity contribution in [2.45, 2.75) is 13.8 Å². The Hall–Kier alpha value is -1.40. The number of hydrogen-bond acceptors (Lipinski definition) is 6. The summed E-state index contributed by atoms with van der Waals surface area (Å²) in [5.41, 5.74) is -0.0748. The minimum Gasteiger partial charge on any atom is -0.459 e. The summed E-state index contributed by atoms with van der Waals surface area (Å²) < 4.78 is 20.3. The third-order valence-corrected chi connectivity index (χ3v) is 2.23. The molecular formula is C13H20O6. The molecule has 0 unspecified atom stereocenters. The molecule has 0 saturated carbocycles. The van der Waals surface area contributed by atoms with Crippen molar-refractivity contribution in [3.8, 4) is 0 Å². The molecule has 0 spiro atoms. The van der Waals surface area contributed by atoms with Crippen LogP contribution in [0.1, 0.15) is 13.8 Å². The van der Waals surface area contributed by atoms with Gasteiger partial charge in [0.1, 0.15) is 18.8 Å². The number of esters is 2. The van der Waals surface area contributed by atoms with Gasteiger partial charge in [-0.15, -0.1) is 0 Å². The number of rotatable bonds is 1. The first kappa shape index (κ1) is 15.7. The number of cyclic esters (lactones) is 2. The number of hydrogen-bond donors (Lipinski definition) is 0.